The fourth-order valence-electron chi connectivity index (χ4n) is 3.89. The van der Waals surface area contributed by atoms with Gasteiger partial charge in [0.05, 0.1) is 18.8 Å². The summed E-state index contributed by atoms with van der Waals surface area (Å²) in [5.41, 5.74) is 0.187. The lowest BCUT2D eigenvalue weighted by Gasteiger charge is -2.45. The summed E-state index contributed by atoms with van der Waals surface area (Å²) in [4.78, 5) is 0. The molecule has 0 spiro atoms. The van der Waals surface area contributed by atoms with Gasteiger partial charge in [-0.25, -0.2) is 0 Å². The van der Waals surface area contributed by atoms with Crippen LogP contribution in [0.5, 0.6) is 0 Å². The van der Waals surface area contributed by atoms with E-state index in [1.165, 1.54) is 0 Å². The lowest BCUT2D eigenvalue weighted by molar-refractivity contribution is -0.0519. The summed E-state index contributed by atoms with van der Waals surface area (Å²) in [5.74, 6) is 0.0472. The van der Waals surface area contributed by atoms with Gasteiger partial charge in [-0.1, -0.05) is 49.6 Å². The minimum atomic E-state index is -3.49. The van der Waals surface area contributed by atoms with Gasteiger partial charge >= 0.3 is 7.60 Å². The minimum absolute atomic E-state index is 0.0472. The van der Waals surface area contributed by atoms with Crippen LogP contribution in [0.4, 0.5) is 0 Å². The number of hydrogen-bond acceptors (Lipinski definition) is 4. The molecule has 4 nitrogen and oxygen atoms in total. The van der Waals surface area contributed by atoms with Crippen molar-refractivity contribution in [2.45, 2.75) is 64.6 Å². The number of hydrogen-bond donors (Lipinski definition) is 1. The Bertz CT molecular complexity index is 578. The molecule has 24 heavy (non-hydrogen) atoms. The van der Waals surface area contributed by atoms with Crippen LogP contribution in [0.25, 0.3) is 0 Å². The van der Waals surface area contributed by atoms with Crippen molar-refractivity contribution in [1.82, 2.24) is 0 Å². The fourth-order valence-corrected chi connectivity index (χ4v) is 6.44. The molecule has 0 aliphatic heterocycles. The van der Waals surface area contributed by atoms with E-state index in [0.717, 1.165) is 30.4 Å². The number of aryl methyl sites for hydroxylation is 1. The van der Waals surface area contributed by atoms with Crippen LogP contribution in [0, 0.1) is 12.8 Å². The van der Waals surface area contributed by atoms with E-state index in [2.05, 4.69) is 0 Å². The molecule has 0 bridgehead atoms. The molecule has 3 unspecified atom stereocenters. The quantitative estimate of drug-likeness (QED) is 0.680. The molecule has 2 rings (SSSR count). The van der Waals surface area contributed by atoms with Crippen molar-refractivity contribution in [3.05, 3.63) is 35.4 Å². The van der Waals surface area contributed by atoms with Crippen LogP contribution in [0.2, 0.25) is 0 Å². The molecule has 3 atom stereocenters. The van der Waals surface area contributed by atoms with E-state index in [9.17, 15) is 9.67 Å². The summed E-state index contributed by atoms with van der Waals surface area (Å²) in [6.07, 6.45) is 3.58. The molecule has 1 saturated carbocycles. The van der Waals surface area contributed by atoms with Crippen LogP contribution >= 0.6 is 7.60 Å². The molecule has 1 N–H and O–H groups in total. The van der Waals surface area contributed by atoms with Crippen molar-refractivity contribution in [3.63, 3.8) is 0 Å². The molecule has 1 aromatic rings. The highest BCUT2D eigenvalue weighted by Crippen LogP contribution is 2.67. The third-order valence-corrected chi connectivity index (χ3v) is 7.70. The average Bonchev–Trinajstić information content (AvgIpc) is 2.51. The van der Waals surface area contributed by atoms with E-state index in [1.54, 1.807) is 0 Å². The van der Waals surface area contributed by atoms with Gasteiger partial charge in [0.2, 0.25) is 0 Å². The first kappa shape index (κ1) is 19.7. The van der Waals surface area contributed by atoms with Crippen molar-refractivity contribution in [2.75, 3.05) is 13.2 Å². The van der Waals surface area contributed by atoms with Gasteiger partial charge in [-0.15, -0.1) is 0 Å². The smallest absolute Gasteiger partial charge is 0.340 e. The van der Waals surface area contributed by atoms with E-state index < -0.39 is 18.9 Å². The summed E-state index contributed by atoms with van der Waals surface area (Å²) >= 11 is 0. The first-order valence-corrected chi connectivity index (χ1v) is 10.7. The Morgan fingerprint density at radius 2 is 1.96 bits per heavy atom. The molecular formula is C19H31O4P. The SMILES string of the molecule is CCOP(=O)(OCC)C(c1cccc(C)c1)C1(O)CCCCC1C. The molecule has 1 aliphatic rings. The maximum Gasteiger partial charge on any atom is 0.340 e. The van der Waals surface area contributed by atoms with Crippen molar-refractivity contribution in [3.8, 4) is 0 Å². The van der Waals surface area contributed by atoms with Gasteiger partial charge < -0.3 is 14.2 Å². The normalized spacial score (nSPS) is 26.3. The van der Waals surface area contributed by atoms with Crippen molar-refractivity contribution in [1.29, 1.82) is 0 Å². The zero-order valence-electron chi connectivity index (χ0n) is 15.3. The van der Waals surface area contributed by atoms with Gasteiger partial charge in [0.1, 0.15) is 5.66 Å². The van der Waals surface area contributed by atoms with E-state index >= 15 is 0 Å². The highest BCUT2D eigenvalue weighted by atomic mass is 31.2. The predicted octanol–water partition coefficient (Wildman–Crippen LogP) is 5.24. The second-order valence-corrected chi connectivity index (χ2v) is 8.94. The molecule has 0 heterocycles. The Hall–Kier alpha value is -0.670. The summed E-state index contributed by atoms with van der Waals surface area (Å²) in [7, 11) is -3.49. The van der Waals surface area contributed by atoms with E-state index in [-0.39, 0.29) is 5.92 Å². The zero-order valence-corrected chi connectivity index (χ0v) is 16.2. The van der Waals surface area contributed by atoms with Crippen LogP contribution in [0.1, 0.15) is 63.2 Å². The topological polar surface area (TPSA) is 55.8 Å². The van der Waals surface area contributed by atoms with Gasteiger partial charge in [0.25, 0.3) is 0 Å². The maximum absolute atomic E-state index is 13.7. The average molecular weight is 354 g/mol. The first-order valence-electron chi connectivity index (χ1n) is 9.05. The third-order valence-electron chi connectivity index (χ3n) is 5.08. The largest absolute Gasteiger partial charge is 0.388 e. The Morgan fingerprint density at radius 1 is 1.29 bits per heavy atom. The second-order valence-electron chi connectivity index (χ2n) is 6.83. The molecular weight excluding hydrogens is 323 g/mol. The minimum Gasteiger partial charge on any atom is -0.388 e. The molecule has 1 aliphatic carbocycles. The Morgan fingerprint density at radius 3 is 2.50 bits per heavy atom. The molecule has 1 fully saturated rings. The summed E-state index contributed by atoms with van der Waals surface area (Å²) in [6, 6.07) is 7.87. The number of aliphatic hydroxyl groups is 1. The monoisotopic (exact) mass is 354 g/mol. The second kappa shape index (κ2) is 8.14. The van der Waals surface area contributed by atoms with Crippen LogP contribution in [0.3, 0.4) is 0 Å². The van der Waals surface area contributed by atoms with Crippen molar-refractivity contribution < 1.29 is 18.7 Å². The van der Waals surface area contributed by atoms with Crippen LogP contribution < -0.4 is 0 Å². The van der Waals surface area contributed by atoms with Crippen molar-refractivity contribution in [2.24, 2.45) is 5.92 Å². The summed E-state index contributed by atoms with van der Waals surface area (Å²) in [5, 5.41) is 11.6. The van der Waals surface area contributed by atoms with Crippen molar-refractivity contribution >= 4 is 7.60 Å². The lowest BCUT2D eigenvalue weighted by Crippen LogP contribution is -2.45. The standard InChI is InChI=1S/C19H31O4P/c1-5-22-24(21,23-6-2)18(17-12-9-10-15(3)14-17)19(20)13-8-7-11-16(19)4/h9-10,12,14,16,18,20H,5-8,11,13H2,1-4H3. The predicted molar refractivity (Wildman–Crippen MR) is 97.4 cm³/mol. The number of benzene rings is 1. The lowest BCUT2D eigenvalue weighted by atomic mass is 9.73. The van der Waals surface area contributed by atoms with Gasteiger partial charge in [0, 0.05) is 0 Å². The molecule has 0 saturated heterocycles. The Balaban J connectivity index is 2.58. The van der Waals surface area contributed by atoms with E-state index in [4.69, 9.17) is 9.05 Å². The van der Waals surface area contributed by atoms with Crippen LogP contribution in [0.15, 0.2) is 24.3 Å². The molecule has 0 amide bonds. The Kier molecular flexibility index (Phi) is 6.66. The molecule has 1 aromatic carbocycles. The van der Waals surface area contributed by atoms with Gasteiger partial charge in [0.15, 0.2) is 0 Å². The van der Waals surface area contributed by atoms with Gasteiger partial charge in [-0.3, -0.25) is 4.57 Å². The Labute approximate surface area is 146 Å². The first-order chi connectivity index (χ1) is 11.4. The highest BCUT2D eigenvalue weighted by Gasteiger charge is 2.54. The molecule has 136 valence electrons. The van der Waals surface area contributed by atoms with E-state index in [0.29, 0.717) is 19.6 Å². The third kappa shape index (κ3) is 3.94. The van der Waals surface area contributed by atoms with Gasteiger partial charge in [-0.05, 0) is 45.1 Å². The molecule has 5 heteroatoms. The summed E-state index contributed by atoms with van der Waals surface area (Å²) < 4.78 is 25.0. The molecule has 0 aromatic heterocycles. The van der Waals surface area contributed by atoms with Gasteiger partial charge in [-0.2, -0.15) is 0 Å². The van der Waals surface area contributed by atoms with E-state index in [1.807, 2.05) is 52.0 Å². The molecule has 0 radical (unpaired) electrons. The highest BCUT2D eigenvalue weighted by molar-refractivity contribution is 7.54. The van der Waals surface area contributed by atoms with Crippen LogP contribution in [-0.2, 0) is 13.6 Å². The zero-order chi connectivity index (χ0) is 17.8. The maximum atomic E-state index is 13.7. The van der Waals surface area contributed by atoms with Crippen LogP contribution in [-0.4, -0.2) is 23.9 Å². The fraction of sp³-hybridized carbons (Fsp3) is 0.684. The summed E-state index contributed by atoms with van der Waals surface area (Å²) in [6.45, 7) is 8.26. The number of rotatable bonds is 7.